The van der Waals surface area contributed by atoms with Crippen LogP contribution in [0.5, 0.6) is 0 Å². The van der Waals surface area contributed by atoms with Gasteiger partial charge in [-0.25, -0.2) is 0 Å². The molecular weight excluding hydrogens is 214 g/mol. The van der Waals surface area contributed by atoms with E-state index in [2.05, 4.69) is 11.0 Å². The molecule has 0 radical (unpaired) electrons. The molecule has 3 aliphatic rings. The molecule has 0 amide bonds. The van der Waals surface area contributed by atoms with Gasteiger partial charge in [0.2, 0.25) is 0 Å². The second kappa shape index (κ2) is 4.06. The maximum atomic E-state index is 10.9. The SMILES string of the molecule is O=C(O)Cc1ccccc1N1CC2CC(C2)C1. The van der Waals surface area contributed by atoms with E-state index in [0.717, 1.165) is 36.2 Å². The first-order chi connectivity index (χ1) is 8.22. The smallest absolute Gasteiger partial charge is 0.307 e. The number of hydrogen-bond acceptors (Lipinski definition) is 2. The number of hydrogen-bond donors (Lipinski definition) is 1. The second-order valence-corrected chi connectivity index (χ2v) is 5.31. The molecule has 0 spiro atoms. The lowest BCUT2D eigenvalue weighted by Gasteiger charge is -2.48. The van der Waals surface area contributed by atoms with E-state index in [0.29, 0.717) is 0 Å². The van der Waals surface area contributed by atoms with Crippen LogP contribution in [0.1, 0.15) is 18.4 Å². The number of anilines is 1. The Morgan fingerprint density at radius 2 is 1.88 bits per heavy atom. The van der Waals surface area contributed by atoms with Crippen LogP contribution in [-0.4, -0.2) is 24.2 Å². The van der Waals surface area contributed by atoms with E-state index in [1.807, 2.05) is 18.2 Å². The summed E-state index contributed by atoms with van der Waals surface area (Å²) in [5, 5.41) is 8.93. The number of fused-ring (bicyclic) bond motifs is 2. The maximum Gasteiger partial charge on any atom is 0.307 e. The Morgan fingerprint density at radius 1 is 1.24 bits per heavy atom. The van der Waals surface area contributed by atoms with E-state index in [1.54, 1.807) is 0 Å². The minimum absolute atomic E-state index is 0.127. The van der Waals surface area contributed by atoms with Crippen LogP contribution in [0, 0.1) is 11.8 Å². The molecule has 1 aromatic carbocycles. The fraction of sp³-hybridized carbons (Fsp3) is 0.500. The van der Waals surface area contributed by atoms with E-state index < -0.39 is 5.97 Å². The molecule has 3 fully saturated rings. The number of aliphatic carboxylic acids is 1. The molecule has 4 rings (SSSR count). The minimum Gasteiger partial charge on any atom is -0.481 e. The molecule has 1 aliphatic carbocycles. The average Bonchev–Trinajstić information content (AvgIpc) is 2.28. The Hall–Kier alpha value is -1.51. The van der Waals surface area contributed by atoms with Crippen LogP contribution in [0.4, 0.5) is 5.69 Å². The zero-order chi connectivity index (χ0) is 11.8. The number of rotatable bonds is 3. The molecule has 17 heavy (non-hydrogen) atoms. The van der Waals surface area contributed by atoms with Crippen LogP contribution in [0.15, 0.2) is 24.3 Å². The van der Waals surface area contributed by atoms with Crippen LogP contribution in [0.2, 0.25) is 0 Å². The van der Waals surface area contributed by atoms with E-state index >= 15 is 0 Å². The Balaban J connectivity index is 1.83. The highest BCUT2D eigenvalue weighted by atomic mass is 16.4. The number of nitrogens with zero attached hydrogens (tertiary/aromatic N) is 1. The van der Waals surface area contributed by atoms with Gasteiger partial charge in [-0.15, -0.1) is 0 Å². The number of benzene rings is 1. The summed E-state index contributed by atoms with van der Waals surface area (Å²) in [6, 6.07) is 7.92. The van der Waals surface area contributed by atoms with Crippen molar-refractivity contribution in [1.29, 1.82) is 0 Å². The highest BCUT2D eigenvalue weighted by Crippen LogP contribution is 2.41. The van der Waals surface area contributed by atoms with Crippen molar-refractivity contribution >= 4 is 11.7 Å². The number of piperidine rings is 2. The number of para-hydroxylation sites is 1. The lowest BCUT2D eigenvalue weighted by molar-refractivity contribution is -0.136. The molecule has 2 heterocycles. The van der Waals surface area contributed by atoms with E-state index in [4.69, 9.17) is 5.11 Å². The Morgan fingerprint density at radius 3 is 2.53 bits per heavy atom. The van der Waals surface area contributed by atoms with Crippen molar-refractivity contribution in [1.82, 2.24) is 0 Å². The van der Waals surface area contributed by atoms with Gasteiger partial charge in [0.1, 0.15) is 0 Å². The van der Waals surface area contributed by atoms with Gasteiger partial charge in [-0.1, -0.05) is 18.2 Å². The molecule has 0 aromatic heterocycles. The first-order valence-electron chi connectivity index (χ1n) is 6.27. The van der Waals surface area contributed by atoms with Gasteiger partial charge in [0.25, 0.3) is 0 Å². The zero-order valence-electron chi connectivity index (χ0n) is 9.80. The van der Waals surface area contributed by atoms with Crippen molar-refractivity contribution in [2.75, 3.05) is 18.0 Å². The molecule has 2 saturated heterocycles. The maximum absolute atomic E-state index is 10.9. The van der Waals surface area contributed by atoms with Gasteiger partial charge in [0.15, 0.2) is 0 Å². The first-order valence-corrected chi connectivity index (χ1v) is 6.27. The predicted octanol–water partition coefficient (Wildman–Crippen LogP) is 2.16. The lowest BCUT2D eigenvalue weighted by atomic mass is 9.71. The fourth-order valence-corrected chi connectivity index (χ4v) is 3.20. The van der Waals surface area contributed by atoms with Crippen molar-refractivity contribution in [3.63, 3.8) is 0 Å². The zero-order valence-corrected chi connectivity index (χ0v) is 9.80. The molecule has 1 N–H and O–H groups in total. The van der Waals surface area contributed by atoms with Gasteiger partial charge in [-0.2, -0.15) is 0 Å². The molecule has 0 atom stereocenters. The lowest BCUT2D eigenvalue weighted by Crippen LogP contribution is -2.49. The van der Waals surface area contributed by atoms with E-state index in [-0.39, 0.29) is 6.42 Å². The fourth-order valence-electron chi connectivity index (χ4n) is 3.20. The highest BCUT2D eigenvalue weighted by Gasteiger charge is 2.37. The summed E-state index contributed by atoms with van der Waals surface area (Å²) in [5.74, 6) is 0.929. The van der Waals surface area contributed by atoms with Crippen LogP contribution in [0.3, 0.4) is 0 Å². The molecule has 1 aromatic rings. The highest BCUT2D eigenvalue weighted by molar-refractivity contribution is 5.73. The molecule has 90 valence electrons. The van der Waals surface area contributed by atoms with Crippen molar-refractivity contribution in [2.24, 2.45) is 11.8 Å². The summed E-state index contributed by atoms with van der Waals surface area (Å²) < 4.78 is 0. The van der Waals surface area contributed by atoms with Gasteiger partial charge in [-0.3, -0.25) is 4.79 Å². The van der Waals surface area contributed by atoms with Crippen molar-refractivity contribution in [3.05, 3.63) is 29.8 Å². The Labute approximate surface area is 101 Å². The Kier molecular flexibility index (Phi) is 2.54. The van der Waals surface area contributed by atoms with Gasteiger partial charge in [-0.05, 0) is 36.3 Å². The second-order valence-electron chi connectivity index (χ2n) is 5.31. The number of carboxylic acids is 1. The summed E-state index contributed by atoms with van der Waals surface area (Å²) in [4.78, 5) is 13.2. The number of carbonyl (C=O) groups is 1. The third-order valence-electron chi connectivity index (χ3n) is 3.96. The Bertz CT molecular complexity index is 428. The molecule has 0 unspecified atom stereocenters. The average molecular weight is 231 g/mol. The minimum atomic E-state index is -0.750. The van der Waals surface area contributed by atoms with Crippen molar-refractivity contribution in [2.45, 2.75) is 19.3 Å². The summed E-state index contributed by atoms with van der Waals surface area (Å²) in [5.41, 5.74) is 2.07. The molecule has 2 aliphatic heterocycles. The van der Waals surface area contributed by atoms with Crippen molar-refractivity contribution in [3.8, 4) is 0 Å². The van der Waals surface area contributed by atoms with Gasteiger partial charge in [0, 0.05) is 18.8 Å². The molecule has 1 saturated carbocycles. The summed E-state index contributed by atoms with van der Waals surface area (Å²) in [7, 11) is 0. The van der Waals surface area contributed by atoms with Crippen molar-refractivity contribution < 1.29 is 9.90 Å². The van der Waals surface area contributed by atoms with Crippen LogP contribution in [-0.2, 0) is 11.2 Å². The third-order valence-corrected chi connectivity index (χ3v) is 3.96. The van der Waals surface area contributed by atoms with Gasteiger partial charge in [0.05, 0.1) is 6.42 Å². The monoisotopic (exact) mass is 231 g/mol. The van der Waals surface area contributed by atoms with Crippen LogP contribution in [0.25, 0.3) is 0 Å². The van der Waals surface area contributed by atoms with Crippen LogP contribution < -0.4 is 4.90 Å². The molecular formula is C14H17NO2. The van der Waals surface area contributed by atoms with Gasteiger partial charge < -0.3 is 10.0 Å². The molecule has 3 heteroatoms. The molecule has 2 bridgehead atoms. The summed E-state index contributed by atoms with van der Waals surface area (Å²) >= 11 is 0. The van der Waals surface area contributed by atoms with Crippen LogP contribution >= 0.6 is 0 Å². The quantitative estimate of drug-likeness (QED) is 0.866. The first kappa shape index (κ1) is 10.6. The van der Waals surface area contributed by atoms with E-state index in [9.17, 15) is 4.79 Å². The largest absolute Gasteiger partial charge is 0.481 e. The van der Waals surface area contributed by atoms with E-state index in [1.165, 1.54) is 12.8 Å². The normalized spacial score (nSPS) is 26.5. The molecule has 3 nitrogen and oxygen atoms in total. The standard InChI is InChI=1S/C14H17NO2/c16-14(17)7-12-3-1-2-4-13(12)15-8-10-5-11(6-10)9-15/h1-4,10-11H,5-9H2,(H,16,17). The summed E-state index contributed by atoms with van der Waals surface area (Å²) in [6.07, 6.45) is 2.87. The predicted molar refractivity (Wildman–Crippen MR) is 66.2 cm³/mol. The summed E-state index contributed by atoms with van der Waals surface area (Å²) in [6.45, 7) is 2.21. The van der Waals surface area contributed by atoms with Gasteiger partial charge >= 0.3 is 5.97 Å². The third kappa shape index (κ3) is 2.02. The number of carboxylic acid groups (broad SMARTS) is 1. The topological polar surface area (TPSA) is 40.5 Å².